The number of nitrogens with two attached hydrogens (primary N) is 1. The fourth-order valence-electron chi connectivity index (χ4n) is 1.49. The summed E-state index contributed by atoms with van der Waals surface area (Å²) in [5, 5.41) is 0. The first kappa shape index (κ1) is 11.0. The van der Waals surface area contributed by atoms with E-state index in [0.29, 0.717) is 12.0 Å². The zero-order valence-corrected chi connectivity index (χ0v) is 8.92. The molecule has 1 atom stereocenters. The van der Waals surface area contributed by atoms with E-state index in [9.17, 15) is 4.39 Å². The van der Waals surface area contributed by atoms with Crippen molar-refractivity contribution in [2.24, 2.45) is 5.73 Å². The van der Waals surface area contributed by atoms with Crippen LogP contribution < -0.4 is 10.6 Å². The van der Waals surface area contributed by atoms with E-state index < -0.39 is 0 Å². The van der Waals surface area contributed by atoms with E-state index in [4.69, 9.17) is 5.73 Å². The Labute approximate surface area is 84.5 Å². The van der Waals surface area contributed by atoms with Crippen molar-refractivity contribution >= 4 is 5.69 Å². The molecular formula is C11H17FN2. The zero-order chi connectivity index (χ0) is 10.7. The Hall–Kier alpha value is -1.09. The van der Waals surface area contributed by atoms with E-state index in [0.717, 1.165) is 5.69 Å². The molecule has 0 spiro atoms. The van der Waals surface area contributed by atoms with E-state index in [1.54, 1.807) is 6.07 Å². The highest BCUT2D eigenvalue weighted by atomic mass is 19.1. The lowest BCUT2D eigenvalue weighted by Gasteiger charge is -2.19. The molecule has 1 aromatic carbocycles. The molecule has 0 aliphatic rings. The first-order valence-electron chi connectivity index (χ1n) is 4.72. The average Bonchev–Trinajstić information content (AvgIpc) is 2.07. The molecule has 0 fully saturated rings. The van der Waals surface area contributed by atoms with Crippen LogP contribution in [0.25, 0.3) is 0 Å². The normalized spacial score (nSPS) is 12.6. The summed E-state index contributed by atoms with van der Waals surface area (Å²) in [6, 6.07) is 5.08. The Morgan fingerprint density at radius 2 is 2.07 bits per heavy atom. The number of rotatable bonds is 3. The van der Waals surface area contributed by atoms with Gasteiger partial charge in [0.2, 0.25) is 0 Å². The lowest BCUT2D eigenvalue weighted by atomic mass is 10.0. The van der Waals surface area contributed by atoms with Crippen molar-refractivity contribution < 1.29 is 4.39 Å². The topological polar surface area (TPSA) is 29.3 Å². The molecule has 1 aromatic rings. The molecule has 0 bridgehead atoms. The third-order valence-corrected chi connectivity index (χ3v) is 2.10. The van der Waals surface area contributed by atoms with Crippen molar-refractivity contribution in [2.75, 3.05) is 19.0 Å². The van der Waals surface area contributed by atoms with Crippen LogP contribution in [0.15, 0.2) is 18.2 Å². The van der Waals surface area contributed by atoms with Crippen molar-refractivity contribution in [2.45, 2.75) is 19.4 Å². The quantitative estimate of drug-likeness (QED) is 0.798. The largest absolute Gasteiger partial charge is 0.377 e. The standard InChI is InChI=1S/C11H17FN2/c1-8(13)7-9-10(12)5-4-6-11(9)14(2)3/h4-6,8H,7,13H2,1-3H3. The van der Waals surface area contributed by atoms with Gasteiger partial charge in [0.1, 0.15) is 5.82 Å². The van der Waals surface area contributed by atoms with Gasteiger partial charge in [-0.2, -0.15) is 0 Å². The molecule has 3 heteroatoms. The number of hydrogen-bond donors (Lipinski definition) is 1. The van der Waals surface area contributed by atoms with Crippen LogP contribution in [0.2, 0.25) is 0 Å². The summed E-state index contributed by atoms with van der Waals surface area (Å²) >= 11 is 0. The summed E-state index contributed by atoms with van der Waals surface area (Å²) in [6.45, 7) is 1.88. The molecule has 78 valence electrons. The van der Waals surface area contributed by atoms with Crippen LogP contribution in [0.3, 0.4) is 0 Å². The van der Waals surface area contributed by atoms with Crippen molar-refractivity contribution in [3.8, 4) is 0 Å². The van der Waals surface area contributed by atoms with Gasteiger partial charge in [0.05, 0.1) is 0 Å². The number of anilines is 1. The first-order chi connectivity index (χ1) is 6.52. The molecule has 1 rings (SSSR count). The highest BCUT2D eigenvalue weighted by molar-refractivity contribution is 5.53. The van der Waals surface area contributed by atoms with Crippen LogP contribution in [0.1, 0.15) is 12.5 Å². The smallest absolute Gasteiger partial charge is 0.128 e. The second-order valence-electron chi connectivity index (χ2n) is 3.81. The van der Waals surface area contributed by atoms with Crippen LogP contribution in [-0.4, -0.2) is 20.1 Å². The van der Waals surface area contributed by atoms with Crippen molar-refractivity contribution in [3.05, 3.63) is 29.6 Å². The van der Waals surface area contributed by atoms with E-state index >= 15 is 0 Å². The molecule has 0 amide bonds. The van der Waals surface area contributed by atoms with Crippen LogP contribution in [0, 0.1) is 5.82 Å². The van der Waals surface area contributed by atoms with Gasteiger partial charge < -0.3 is 10.6 Å². The molecule has 0 radical (unpaired) electrons. The zero-order valence-electron chi connectivity index (χ0n) is 8.92. The van der Waals surface area contributed by atoms with E-state index in [-0.39, 0.29) is 11.9 Å². The predicted octanol–water partition coefficient (Wildman–Crippen LogP) is 1.78. The van der Waals surface area contributed by atoms with Gasteiger partial charge >= 0.3 is 0 Å². The van der Waals surface area contributed by atoms with E-state index in [2.05, 4.69) is 0 Å². The average molecular weight is 196 g/mol. The molecule has 0 saturated carbocycles. The van der Waals surface area contributed by atoms with Gasteiger partial charge in [0, 0.05) is 31.4 Å². The minimum Gasteiger partial charge on any atom is -0.377 e. The predicted molar refractivity (Wildman–Crippen MR) is 58.1 cm³/mol. The monoisotopic (exact) mass is 196 g/mol. The Morgan fingerprint density at radius 1 is 1.43 bits per heavy atom. The van der Waals surface area contributed by atoms with Gasteiger partial charge in [-0.3, -0.25) is 0 Å². The molecule has 14 heavy (non-hydrogen) atoms. The van der Waals surface area contributed by atoms with Crippen molar-refractivity contribution in [1.29, 1.82) is 0 Å². The van der Waals surface area contributed by atoms with Gasteiger partial charge in [0.25, 0.3) is 0 Å². The number of nitrogens with zero attached hydrogens (tertiary/aromatic N) is 1. The molecule has 0 heterocycles. The summed E-state index contributed by atoms with van der Waals surface area (Å²) in [5.41, 5.74) is 7.28. The van der Waals surface area contributed by atoms with Crippen molar-refractivity contribution in [3.63, 3.8) is 0 Å². The number of hydrogen-bond acceptors (Lipinski definition) is 2. The molecule has 2 N–H and O–H groups in total. The third-order valence-electron chi connectivity index (χ3n) is 2.10. The maximum atomic E-state index is 13.5. The number of halogens is 1. The Balaban J connectivity index is 3.09. The van der Waals surface area contributed by atoms with Crippen LogP contribution in [0.5, 0.6) is 0 Å². The SMILES string of the molecule is CC(N)Cc1c(F)cccc1N(C)C. The van der Waals surface area contributed by atoms with Crippen molar-refractivity contribution in [1.82, 2.24) is 0 Å². The highest BCUT2D eigenvalue weighted by Crippen LogP contribution is 2.22. The van der Waals surface area contributed by atoms with Crippen LogP contribution in [-0.2, 0) is 6.42 Å². The van der Waals surface area contributed by atoms with E-state index in [1.807, 2.05) is 32.0 Å². The highest BCUT2D eigenvalue weighted by Gasteiger charge is 2.11. The summed E-state index contributed by atoms with van der Waals surface area (Å²) in [7, 11) is 3.80. The van der Waals surface area contributed by atoms with Gasteiger partial charge in [-0.05, 0) is 25.5 Å². The Morgan fingerprint density at radius 3 is 2.57 bits per heavy atom. The Kier molecular flexibility index (Phi) is 3.47. The third kappa shape index (κ3) is 2.45. The maximum absolute atomic E-state index is 13.5. The molecular weight excluding hydrogens is 179 g/mol. The van der Waals surface area contributed by atoms with E-state index in [1.165, 1.54) is 6.07 Å². The minimum atomic E-state index is -0.173. The second-order valence-corrected chi connectivity index (χ2v) is 3.81. The lowest BCUT2D eigenvalue weighted by molar-refractivity contribution is 0.596. The molecule has 1 unspecified atom stereocenters. The molecule has 0 aliphatic heterocycles. The molecule has 0 aromatic heterocycles. The lowest BCUT2D eigenvalue weighted by Crippen LogP contribution is -2.21. The maximum Gasteiger partial charge on any atom is 0.128 e. The van der Waals surface area contributed by atoms with Gasteiger partial charge in [-0.15, -0.1) is 0 Å². The number of benzene rings is 1. The summed E-state index contributed by atoms with van der Waals surface area (Å²) in [5.74, 6) is -0.173. The van der Waals surface area contributed by atoms with Crippen LogP contribution >= 0.6 is 0 Å². The minimum absolute atomic E-state index is 0.0226. The fourth-order valence-corrected chi connectivity index (χ4v) is 1.49. The molecule has 0 aliphatic carbocycles. The molecule has 2 nitrogen and oxygen atoms in total. The van der Waals surface area contributed by atoms with Gasteiger partial charge in [-0.1, -0.05) is 6.07 Å². The molecule has 0 saturated heterocycles. The summed E-state index contributed by atoms with van der Waals surface area (Å²) in [4.78, 5) is 1.90. The fraction of sp³-hybridized carbons (Fsp3) is 0.455. The Bertz CT molecular complexity index is 308. The van der Waals surface area contributed by atoms with Crippen LogP contribution in [0.4, 0.5) is 10.1 Å². The summed E-state index contributed by atoms with van der Waals surface area (Å²) < 4.78 is 13.5. The van der Waals surface area contributed by atoms with Gasteiger partial charge in [0.15, 0.2) is 0 Å². The second kappa shape index (κ2) is 4.42. The van der Waals surface area contributed by atoms with Gasteiger partial charge in [-0.25, -0.2) is 4.39 Å². The summed E-state index contributed by atoms with van der Waals surface area (Å²) in [6.07, 6.45) is 0.570. The first-order valence-corrected chi connectivity index (χ1v) is 4.72.